The first-order chi connectivity index (χ1) is 13.8. The lowest BCUT2D eigenvalue weighted by molar-refractivity contribution is -0.138. The Bertz CT molecular complexity index is 683. The summed E-state index contributed by atoms with van der Waals surface area (Å²) < 4.78 is 0. The molecule has 3 N–H and O–H groups in total. The quantitative estimate of drug-likeness (QED) is 0.726. The summed E-state index contributed by atoms with van der Waals surface area (Å²) in [4.78, 5) is 18.1. The van der Waals surface area contributed by atoms with Gasteiger partial charge in [-0.2, -0.15) is 0 Å². The molecule has 152 valence electrons. The fraction of sp³-hybridized carbons (Fsp3) is 0.682. The van der Waals surface area contributed by atoms with Gasteiger partial charge in [0.05, 0.1) is 0 Å². The van der Waals surface area contributed by atoms with Gasteiger partial charge in [0.15, 0.2) is 0 Å². The van der Waals surface area contributed by atoms with Gasteiger partial charge in [-0.1, -0.05) is 30.3 Å². The molecule has 0 saturated carbocycles. The predicted molar refractivity (Wildman–Crippen MR) is 109 cm³/mol. The Labute approximate surface area is 168 Å². The molecule has 1 aromatic rings. The van der Waals surface area contributed by atoms with Crippen LogP contribution in [0.15, 0.2) is 30.3 Å². The van der Waals surface area contributed by atoms with Gasteiger partial charge in [-0.3, -0.25) is 15.1 Å². The first-order valence-corrected chi connectivity index (χ1v) is 11.1. The summed E-state index contributed by atoms with van der Waals surface area (Å²) in [5.41, 5.74) is 8.09. The number of nitrogens with one attached hydrogen (secondary N) is 3. The van der Waals surface area contributed by atoms with E-state index in [-0.39, 0.29) is 6.04 Å². The van der Waals surface area contributed by atoms with Crippen molar-refractivity contribution in [1.29, 1.82) is 0 Å². The van der Waals surface area contributed by atoms with Crippen molar-refractivity contribution in [3.8, 4) is 0 Å². The fourth-order valence-electron chi connectivity index (χ4n) is 5.88. The molecule has 28 heavy (non-hydrogen) atoms. The van der Waals surface area contributed by atoms with Crippen LogP contribution in [-0.4, -0.2) is 66.6 Å². The summed E-state index contributed by atoms with van der Waals surface area (Å²) in [7, 11) is 0. The van der Waals surface area contributed by atoms with E-state index in [0.717, 1.165) is 45.6 Å². The number of fused-ring (bicyclic) bond motifs is 2. The summed E-state index contributed by atoms with van der Waals surface area (Å²) >= 11 is 0. The Morgan fingerprint density at radius 1 is 1.07 bits per heavy atom. The third-order valence-electron chi connectivity index (χ3n) is 7.37. The molecule has 1 aromatic carbocycles. The van der Waals surface area contributed by atoms with Crippen LogP contribution in [0.25, 0.3) is 0 Å². The SMILES string of the molecule is O=C(C1NNC2CCNCC21)N1CCC2C(CCCN2Cc2ccccc2)C1. The van der Waals surface area contributed by atoms with E-state index in [2.05, 4.69) is 56.3 Å². The second-order valence-corrected chi connectivity index (χ2v) is 9.03. The maximum atomic E-state index is 13.3. The van der Waals surface area contributed by atoms with Crippen LogP contribution in [0, 0.1) is 11.8 Å². The minimum absolute atomic E-state index is 0.0710. The van der Waals surface area contributed by atoms with Crippen LogP contribution in [0.1, 0.15) is 31.2 Å². The number of piperidine rings is 3. The van der Waals surface area contributed by atoms with Crippen LogP contribution in [0.4, 0.5) is 0 Å². The van der Waals surface area contributed by atoms with Gasteiger partial charge in [-0.05, 0) is 50.3 Å². The topological polar surface area (TPSA) is 59.6 Å². The molecule has 6 nitrogen and oxygen atoms in total. The minimum atomic E-state index is -0.0710. The van der Waals surface area contributed by atoms with Crippen molar-refractivity contribution < 1.29 is 4.79 Å². The molecule has 4 heterocycles. The molecule has 4 fully saturated rings. The van der Waals surface area contributed by atoms with Crippen LogP contribution in [-0.2, 0) is 11.3 Å². The van der Waals surface area contributed by atoms with E-state index in [1.807, 2.05) is 0 Å². The van der Waals surface area contributed by atoms with Crippen molar-refractivity contribution in [3.05, 3.63) is 35.9 Å². The van der Waals surface area contributed by atoms with Crippen molar-refractivity contribution in [3.63, 3.8) is 0 Å². The lowest BCUT2D eigenvalue weighted by Gasteiger charge is -2.48. The number of hydrogen-bond acceptors (Lipinski definition) is 5. The van der Waals surface area contributed by atoms with Crippen molar-refractivity contribution in [2.24, 2.45) is 11.8 Å². The number of likely N-dealkylation sites (tertiary alicyclic amines) is 2. The van der Waals surface area contributed by atoms with Gasteiger partial charge in [-0.25, -0.2) is 5.43 Å². The highest BCUT2D eigenvalue weighted by molar-refractivity contribution is 5.83. The summed E-state index contributed by atoms with van der Waals surface area (Å²) in [6.07, 6.45) is 4.70. The zero-order valence-electron chi connectivity index (χ0n) is 16.6. The van der Waals surface area contributed by atoms with E-state index in [4.69, 9.17) is 0 Å². The van der Waals surface area contributed by atoms with Crippen molar-refractivity contribution in [2.75, 3.05) is 32.7 Å². The molecular weight excluding hydrogens is 350 g/mol. The average Bonchev–Trinajstić information content (AvgIpc) is 3.18. The third kappa shape index (κ3) is 3.59. The Balaban J connectivity index is 1.22. The lowest BCUT2D eigenvalue weighted by Crippen LogP contribution is -2.58. The lowest BCUT2D eigenvalue weighted by atomic mass is 9.82. The van der Waals surface area contributed by atoms with Crippen molar-refractivity contribution in [2.45, 2.75) is 50.4 Å². The number of rotatable bonds is 3. The van der Waals surface area contributed by atoms with E-state index in [0.29, 0.717) is 29.8 Å². The van der Waals surface area contributed by atoms with E-state index in [9.17, 15) is 4.79 Å². The molecule has 4 aliphatic rings. The summed E-state index contributed by atoms with van der Waals surface area (Å²) in [5, 5.41) is 3.46. The fourth-order valence-corrected chi connectivity index (χ4v) is 5.88. The molecular formula is C22H33N5O. The van der Waals surface area contributed by atoms with Gasteiger partial charge < -0.3 is 10.2 Å². The summed E-state index contributed by atoms with van der Waals surface area (Å²) in [6.45, 7) is 6.03. The first kappa shape index (κ1) is 18.6. The number of hydrazine groups is 1. The molecule has 0 radical (unpaired) electrons. The zero-order chi connectivity index (χ0) is 18.9. The van der Waals surface area contributed by atoms with Gasteiger partial charge in [0, 0.05) is 44.2 Å². The number of nitrogens with zero attached hydrogens (tertiary/aromatic N) is 2. The Kier molecular flexibility index (Phi) is 5.37. The van der Waals surface area contributed by atoms with E-state index >= 15 is 0 Å². The number of hydrogen-bond donors (Lipinski definition) is 3. The van der Waals surface area contributed by atoms with Crippen LogP contribution in [0.2, 0.25) is 0 Å². The molecule has 4 aliphatic heterocycles. The van der Waals surface area contributed by atoms with Crippen LogP contribution < -0.4 is 16.2 Å². The second kappa shape index (κ2) is 8.11. The van der Waals surface area contributed by atoms with Crippen LogP contribution >= 0.6 is 0 Å². The first-order valence-electron chi connectivity index (χ1n) is 11.1. The Hall–Kier alpha value is -1.47. The zero-order valence-corrected chi connectivity index (χ0v) is 16.6. The number of benzene rings is 1. The molecule has 5 atom stereocenters. The van der Waals surface area contributed by atoms with Gasteiger partial charge in [0.2, 0.25) is 5.91 Å². The largest absolute Gasteiger partial charge is 0.341 e. The molecule has 5 rings (SSSR count). The van der Waals surface area contributed by atoms with Crippen LogP contribution in [0.3, 0.4) is 0 Å². The molecule has 0 bridgehead atoms. The van der Waals surface area contributed by atoms with E-state index in [1.54, 1.807) is 0 Å². The highest BCUT2D eigenvalue weighted by Gasteiger charge is 2.45. The van der Waals surface area contributed by atoms with Gasteiger partial charge in [-0.15, -0.1) is 0 Å². The number of amides is 1. The molecule has 0 spiro atoms. The second-order valence-electron chi connectivity index (χ2n) is 9.03. The normalized spacial score (nSPS) is 36.0. The Morgan fingerprint density at radius 3 is 2.86 bits per heavy atom. The maximum absolute atomic E-state index is 13.3. The van der Waals surface area contributed by atoms with Crippen molar-refractivity contribution in [1.82, 2.24) is 26.0 Å². The van der Waals surface area contributed by atoms with E-state index < -0.39 is 0 Å². The van der Waals surface area contributed by atoms with E-state index in [1.165, 1.54) is 24.9 Å². The monoisotopic (exact) mass is 383 g/mol. The molecule has 0 aliphatic carbocycles. The average molecular weight is 384 g/mol. The number of carbonyl (C=O) groups excluding carboxylic acids is 1. The smallest absolute Gasteiger partial charge is 0.241 e. The third-order valence-corrected chi connectivity index (χ3v) is 7.37. The minimum Gasteiger partial charge on any atom is -0.341 e. The molecule has 1 amide bonds. The Morgan fingerprint density at radius 2 is 1.96 bits per heavy atom. The molecule has 4 saturated heterocycles. The summed E-state index contributed by atoms with van der Waals surface area (Å²) in [6, 6.07) is 11.8. The molecule has 6 heteroatoms. The maximum Gasteiger partial charge on any atom is 0.241 e. The molecule has 5 unspecified atom stereocenters. The van der Waals surface area contributed by atoms with Gasteiger partial charge >= 0.3 is 0 Å². The standard InChI is InChI=1S/C22H33N5O/c28-22(21-18-13-23-10-8-19(18)24-25-21)27-12-9-20-17(15-27)7-4-11-26(20)14-16-5-2-1-3-6-16/h1-3,5-6,17-21,23-25H,4,7-15H2. The summed E-state index contributed by atoms with van der Waals surface area (Å²) in [5.74, 6) is 1.30. The van der Waals surface area contributed by atoms with Crippen molar-refractivity contribution >= 4 is 5.91 Å². The highest BCUT2D eigenvalue weighted by atomic mass is 16.2. The van der Waals surface area contributed by atoms with Gasteiger partial charge in [0.1, 0.15) is 6.04 Å². The predicted octanol–water partition coefficient (Wildman–Crippen LogP) is 0.954. The number of carbonyl (C=O) groups is 1. The van der Waals surface area contributed by atoms with Crippen LogP contribution in [0.5, 0.6) is 0 Å². The highest BCUT2D eigenvalue weighted by Crippen LogP contribution is 2.32. The van der Waals surface area contributed by atoms with Gasteiger partial charge in [0.25, 0.3) is 0 Å². The molecule has 0 aromatic heterocycles.